The average Bonchev–Trinajstić information content (AvgIpc) is 2.12. The van der Waals surface area contributed by atoms with Gasteiger partial charge in [0.05, 0.1) is 6.61 Å². The van der Waals surface area contributed by atoms with Crippen LogP contribution in [0.3, 0.4) is 0 Å². The molecule has 4 atom stereocenters. The summed E-state index contributed by atoms with van der Waals surface area (Å²) in [6, 6.07) is 0. The van der Waals surface area contributed by atoms with Crippen molar-refractivity contribution in [3.05, 3.63) is 0 Å². The van der Waals surface area contributed by atoms with Crippen LogP contribution >= 0.6 is 0 Å². The molecule has 4 unspecified atom stereocenters. The van der Waals surface area contributed by atoms with Crippen LogP contribution < -0.4 is 29.6 Å². The second-order valence-electron chi connectivity index (χ2n) is 2.36. The molecular formula is C6H13NaO7. The summed E-state index contributed by atoms with van der Waals surface area (Å²) < 4.78 is 0. The standard InChI is InChI=1S/C6H12O6.Na.H2O/c7-1-3(9)5(11)6(12)4(10)2-8;;/h1,3-6,8-12H,2H2;;1H2/q;+1;/p-1. The molecule has 0 rings (SSSR count). The van der Waals surface area contributed by atoms with Crippen molar-refractivity contribution >= 4 is 6.29 Å². The van der Waals surface area contributed by atoms with Gasteiger partial charge < -0.3 is 35.8 Å². The number of hydrogen-bond donors (Lipinski definition) is 5. The number of aliphatic hydroxyl groups is 5. The van der Waals surface area contributed by atoms with Crippen molar-refractivity contribution in [2.24, 2.45) is 0 Å². The topological polar surface area (TPSA) is 148 Å². The van der Waals surface area contributed by atoms with E-state index in [1.165, 1.54) is 0 Å². The minimum atomic E-state index is -1.79. The van der Waals surface area contributed by atoms with Crippen LogP contribution in [0, 0.1) is 0 Å². The predicted octanol–water partition coefficient (Wildman–Crippen LogP) is -6.55. The first-order valence-electron chi connectivity index (χ1n) is 3.33. The van der Waals surface area contributed by atoms with Crippen molar-refractivity contribution in [3.8, 4) is 0 Å². The number of aliphatic hydroxyl groups excluding tert-OH is 5. The summed E-state index contributed by atoms with van der Waals surface area (Å²) in [6.07, 6.45) is -6.84. The van der Waals surface area contributed by atoms with E-state index < -0.39 is 31.0 Å². The van der Waals surface area contributed by atoms with Crippen LogP contribution in [0.5, 0.6) is 0 Å². The first kappa shape index (κ1) is 19.9. The van der Waals surface area contributed by atoms with E-state index in [2.05, 4.69) is 0 Å². The second kappa shape index (κ2) is 9.97. The molecule has 7 nitrogen and oxygen atoms in total. The number of rotatable bonds is 5. The molecule has 0 heterocycles. The van der Waals surface area contributed by atoms with E-state index in [1.807, 2.05) is 0 Å². The molecule has 0 aromatic rings. The van der Waals surface area contributed by atoms with Crippen LogP contribution in [-0.2, 0) is 4.79 Å². The molecule has 8 heteroatoms. The van der Waals surface area contributed by atoms with Crippen molar-refractivity contribution in [2.75, 3.05) is 6.61 Å². The zero-order chi connectivity index (χ0) is 9.72. The molecule has 0 bridgehead atoms. The van der Waals surface area contributed by atoms with Gasteiger partial charge >= 0.3 is 29.6 Å². The summed E-state index contributed by atoms with van der Waals surface area (Å²) in [7, 11) is 0. The van der Waals surface area contributed by atoms with Gasteiger partial charge in [0.2, 0.25) is 0 Å². The van der Waals surface area contributed by atoms with E-state index >= 15 is 0 Å². The zero-order valence-electron chi connectivity index (χ0n) is 7.69. The quantitative estimate of drug-likeness (QED) is 0.228. The Labute approximate surface area is 103 Å². The smallest absolute Gasteiger partial charge is 0.870 e. The molecule has 0 aliphatic carbocycles. The Bertz CT molecular complexity index is 144. The van der Waals surface area contributed by atoms with E-state index in [1.54, 1.807) is 0 Å². The van der Waals surface area contributed by atoms with E-state index in [0.717, 1.165) is 0 Å². The van der Waals surface area contributed by atoms with Gasteiger partial charge in [-0.1, -0.05) is 0 Å². The summed E-state index contributed by atoms with van der Waals surface area (Å²) in [4.78, 5) is 9.90. The number of carbonyl (C=O) groups is 1. The third-order valence-electron chi connectivity index (χ3n) is 1.42. The molecule has 0 radical (unpaired) electrons. The Morgan fingerprint density at radius 2 is 1.50 bits per heavy atom. The molecule has 0 aliphatic rings. The van der Waals surface area contributed by atoms with Gasteiger partial charge in [-0.3, -0.25) is 0 Å². The summed E-state index contributed by atoms with van der Waals surface area (Å²) in [5.41, 5.74) is 0. The van der Waals surface area contributed by atoms with Gasteiger partial charge in [0.1, 0.15) is 24.4 Å². The Balaban J connectivity index is -0.000000605. The minimum Gasteiger partial charge on any atom is -0.870 e. The fourth-order valence-electron chi connectivity index (χ4n) is 0.618. The third-order valence-corrected chi connectivity index (χ3v) is 1.42. The van der Waals surface area contributed by atoms with Crippen molar-refractivity contribution in [2.45, 2.75) is 24.4 Å². The molecule has 0 saturated carbocycles. The Hall–Kier alpha value is 0.430. The van der Waals surface area contributed by atoms with Gasteiger partial charge in [0.15, 0.2) is 6.29 Å². The molecule has 0 fully saturated rings. The van der Waals surface area contributed by atoms with E-state index in [9.17, 15) is 4.79 Å². The molecule has 6 N–H and O–H groups in total. The minimum absolute atomic E-state index is 0. The van der Waals surface area contributed by atoms with Crippen LogP contribution in [0.15, 0.2) is 0 Å². The first-order chi connectivity index (χ1) is 5.54. The van der Waals surface area contributed by atoms with Crippen LogP contribution in [0.2, 0.25) is 0 Å². The molecule has 0 aliphatic heterocycles. The van der Waals surface area contributed by atoms with Crippen molar-refractivity contribution in [3.63, 3.8) is 0 Å². The summed E-state index contributed by atoms with van der Waals surface area (Å²) >= 11 is 0. The largest absolute Gasteiger partial charge is 1.00 e. The third kappa shape index (κ3) is 6.02. The van der Waals surface area contributed by atoms with Crippen LogP contribution in [0.25, 0.3) is 0 Å². The normalized spacial score (nSPS) is 18.1. The molecule has 0 aromatic carbocycles. The maximum absolute atomic E-state index is 9.90. The summed E-state index contributed by atoms with van der Waals surface area (Å²) in [6.45, 7) is -0.760. The van der Waals surface area contributed by atoms with Crippen molar-refractivity contribution in [1.82, 2.24) is 0 Å². The molecule has 0 saturated heterocycles. The molecule has 0 amide bonds. The number of carbonyl (C=O) groups excluding carboxylic acids is 1. The fraction of sp³-hybridized carbons (Fsp3) is 0.833. The van der Waals surface area contributed by atoms with E-state index in [4.69, 9.17) is 25.5 Å². The Kier molecular flexibility index (Phi) is 14.2. The van der Waals surface area contributed by atoms with Crippen LogP contribution in [0.4, 0.5) is 0 Å². The molecule has 0 aromatic heterocycles. The Morgan fingerprint density at radius 1 is 1.07 bits per heavy atom. The summed E-state index contributed by atoms with van der Waals surface area (Å²) in [5, 5.41) is 43.5. The Morgan fingerprint density at radius 3 is 1.79 bits per heavy atom. The van der Waals surface area contributed by atoms with Crippen molar-refractivity contribution < 1.29 is 65.4 Å². The first-order valence-corrected chi connectivity index (χ1v) is 3.33. The monoisotopic (exact) mass is 220 g/mol. The van der Waals surface area contributed by atoms with E-state index in [-0.39, 0.29) is 41.3 Å². The van der Waals surface area contributed by atoms with E-state index in [0.29, 0.717) is 0 Å². The zero-order valence-corrected chi connectivity index (χ0v) is 9.69. The fourth-order valence-corrected chi connectivity index (χ4v) is 0.618. The van der Waals surface area contributed by atoms with Crippen LogP contribution in [0.1, 0.15) is 0 Å². The maximum Gasteiger partial charge on any atom is 1.00 e. The average molecular weight is 220 g/mol. The van der Waals surface area contributed by atoms with Gasteiger partial charge in [0.25, 0.3) is 0 Å². The predicted molar refractivity (Wildman–Crippen MR) is 39.1 cm³/mol. The van der Waals surface area contributed by atoms with Gasteiger partial charge in [-0.25, -0.2) is 0 Å². The molecule has 14 heavy (non-hydrogen) atoms. The molecule has 0 spiro atoms. The van der Waals surface area contributed by atoms with Gasteiger partial charge in [-0.2, -0.15) is 0 Å². The van der Waals surface area contributed by atoms with Gasteiger partial charge in [-0.15, -0.1) is 0 Å². The number of aldehydes is 1. The second-order valence-corrected chi connectivity index (χ2v) is 2.36. The van der Waals surface area contributed by atoms with Gasteiger partial charge in [-0.05, 0) is 0 Å². The van der Waals surface area contributed by atoms with Gasteiger partial charge in [0, 0.05) is 0 Å². The SMILES string of the molecule is O=CC(O)C(O)C(O)C(O)CO.[Na+].[OH-]. The van der Waals surface area contributed by atoms with Crippen LogP contribution in [-0.4, -0.2) is 68.3 Å². The molecular weight excluding hydrogens is 207 g/mol. The summed E-state index contributed by atoms with van der Waals surface area (Å²) in [5.74, 6) is 0. The van der Waals surface area contributed by atoms with Crippen molar-refractivity contribution in [1.29, 1.82) is 0 Å². The maximum atomic E-state index is 9.90. The number of hydrogen-bond acceptors (Lipinski definition) is 7. The molecule has 80 valence electrons.